The van der Waals surface area contributed by atoms with Gasteiger partial charge in [-0.15, -0.1) is 0 Å². The zero-order valence-corrected chi connectivity index (χ0v) is 33.6. The average Bonchev–Trinajstić information content (AvgIpc) is 3.55. The Bertz CT molecular complexity index is 2090. The van der Waals surface area contributed by atoms with Crippen LogP contribution in [-0.4, -0.2) is 88.7 Å². The molecule has 5 N–H and O–H groups in total. The van der Waals surface area contributed by atoms with Gasteiger partial charge >= 0.3 is 6.09 Å². The number of halogens is 2. The van der Waals surface area contributed by atoms with Crippen LogP contribution in [0.2, 0.25) is 0 Å². The van der Waals surface area contributed by atoms with Gasteiger partial charge in [0.2, 0.25) is 0 Å². The van der Waals surface area contributed by atoms with E-state index in [1.165, 1.54) is 19.2 Å². The van der Waals surface area contributed by atoms with Crippen LogP contribution in [0, 0.1) is 17.6 Å². The maximum atomic E-state index is 15.1. The summed E-state index contributed by atoms with van der Waals surface area (Å²) in [6.07, 6.45) is 11.0. The Morgan fingerprint density at radius 1 is 0.966 bits per heavy atom. The van der Waals surface area contributed by atoms with Gasteiger partial charge in [0.05, 0.1) is 49.5 Å². The van der Waals surface area contributed by atoms with Gasteiger partial charge in [-0.3, -0.25) is 9.80 Å². The monoisotopic (exact) mass is 796 g/mol. The van der Waals surface area contributed by atoms with E-state index in [4.69, 9.17) is 5.73 Å². The van der Waals surface area contributed by atoms with Crippen LogP contribution in [0.25, 0.3) is 33.6 Å². The van der Waals surface area contributed by atoms with Gasteiger partial charge in [-0.2, -0.15) is 0 Å². The molecule has 0 bridgehead atoms. The van der Waals surface area contributed by atoms with Crippen LogP contribution in [0.5, 0.6) is 0 Å². The van der Waals surface area contributed by atoms with Crippen molar-refractivity contribution in [3.05, 3.63) is 108 Å². The average molecular weight is 797 g/mol. The predicted molar refractivity (Wildman–Crippen MR) is 220 cm³/mol. The number of aldehydes is 2. The van der Waals surface area contributed by atoms with E-state index >= 15 is 8.78 Å². The van der Waals surface area contributed by atoms with E-state index in [2.05, 4.69) is 60.8 Å². The molecule has 1 saturated heterocycles. The van der Waals surface area contributed by atoms with Crippen LogP contribution in [0.4, 0.5) is 13.6 Å². The maximum absolute atomic E-state index is 15.1. The van der Waals surface area contributed by atoms with Crippen LogP contribution in [0.15, 0.2) is 79.1 Å². The number of methoxy groups -OCH3 is 1. The lowest BCUT2D eigenvalue weighted by atomic mass is 10.00. The molecule has 1 aliphatic heterocycles. The summed E-state index contributed by atoms with van der Waals surface area (Å²) in [5.74, 6) is 1.44. The standard InChI is InChI=1S/C29H34F2N6.C10H11NO3.C5H9NO/c1-4-5-12-36(2)18-28-32-16-25(34-28)21-10-8-19(14-23(21)30)20-9-11-22(24(31)15-20)26-17-33-29(35-26)27-7-6-13-37(27)3;1-14-10(13)11-9(7-12)8-5-3-2-4-6-8;6-5(3-7)4-1-2-4/h8-11,14-17,27H,4-7,12-13,18H2,1-3H3,(H,32,34)(H,33,35);2-7,9H,1H3,(H,11,13);3-5H,1-2,6H2/t27-;9-;5-/m001/s1. The lowest BCUT2D eigenvalue weighted by Gasteiger charge is -2.16. The van der Waals surface area contributed by atoms with Gasteiger partial charge in [-0.25, -0.2) is 23.5 Å². The Hall–Kier alpha value is -5.57. The van der Waals surface area contributed by atoms with E-state index in [0.717, 1.165) is 75.1 Å². The molecule has 308 valence electrons. The molecule has 7 rings (SSSR count). The first-order valence-electron chi connectivity index (χ1n) is 19.7. The van der Waals surface area contributed by atoms with Crippen molar-refractivity contribution in [2.24, 2.45) is 11.7 Å². The number of imidazole rings is 2. The number of nitrogens with two attached hydrogens (primary N) is 1. The van der Waals surface area contributed by atoms with E-state index in [9.17, 15) is 14.4 Å². The number of unbranched alkanes of at least 4 members (excludes halogenated alkanes) is 1. The fourth-order valence-corrected chi connectivity index (χ4v) is 6.70. The highest BCUT2D eigenvalue weighted by Gasteiger charge is 2.28. The number of alkyl carbamates (subject to hydrolysis) is 1. The summed E-state index contributed by atoms with van der Waals surface area (Å²) in [5.41, 5.74) is 9.45. The number of H-pyrrole nitrogens is 2. The van der Waals surface area contributed by atoms with Crippen molar-refractivity contribution in [3.8, 4) is 33.6 Å². The smallest absolute Gasteiger partial charge is 0.407 e. The van der Waals surface area contributed by atoms with Gasteiger partial charge < -0.3 is 35.3 Å². The Morgan fingerprint density at radius 3 is 2.12 bits per heavy atom. The predicted octanol–water partition coefficient (Wildman–Crippen LogP) is 7.62. The molecule has 1 amide bonds. The molecule has 2 fully saturated rings. The number of rotatable bonds is 14. The number of hydrogen-bond donors (Lipinski definition) is 4. The van der Waals surface area contributed by atoms with Crippen LogP contribution in [0.3, 0.4) is 0 Å². The molecule has 3 aromatic carbocycles. The van der Waals surface area contributed by atoms with Crippen molar-refractivity contribution < 1.29 is 27.9 Å². The third-order valence-corrected chi connectivity index (χ3v) is 10.3. The van der Waals surface area contributed by atoms with Gasteiger partial charge in [-0.05, 0) is 106 Å². The van der Waals surface area contributed by atoms with Crippen LogP contribution in [-0.2, 0) is 20.9 Å². The fraction of sp³-hybridized carbons (Fsp3) is 0.386. The normalized spacial score (nSPS) is 16.0. The number of likely N-dealkylation sites (tertiary alicyclic amines) is 1. The molecule has 12 nitrogen and oxygen atoms in total. The molecule has 2 aliphatic rings. The van der Waals surface area contributed by atoms with E-state index in [-0.39, 0.29) is 23.7 Å². The summed E-state index contributed by atoms with van der Waals surface area (Å²) in [4.78, 5) is 51.3. The van der Waals surface area contributed by atoms with Crippen molar-refractivity contribution >= 4 is 18.7 Å². The Balaban J connectivity index is 0.000000249. The number of hydrogen-bond acceptors (Lipinski definition) is 9. The minimum Gasteiger partial charge on any atom is -0.453 e. The van der Waals surface area contributed by atoms with Gasteiger partial charge in [0, 0.05) is 11.1 Å². The molecular formula is C44H54F2N8O4. The minimum atomic E-state index is -0.649. The molecule has 14 heteroatoms. The number of aromatic nitrogens is 4. The van der Waals surface area contributed by atoms with Crippen molar-refractivity contribution in [3.63, 3.8) is 0 Å². The first kappa shape index (κ1) is 43.6. The number of nitrogens with zero attached hydrogens (tertiary/aromatic N) is 4. The zero-order valence-electron chi connectivity index (χ0n) is 33.6. The molecule has 1 aliphatic carbocycles. The third kappa shape index (κ3) is 12.0. The van der Waals surface area contributed by atoms with E-state index in [0.29, 0.717) is 52.4 Å². The first-order chi connectivity index (χ1) is 28.0. The Morgan fingerprint density at radius 2 is 1.60 bits per heavy atom. The molecule has 1 saturated carbocycles. The number of carbonyl (C=O) groups excluding carboxylic acids is 3. The summed E-state index contributed by atoms with van der Waals surface area (Å²) in [6.45, 7) is 4.88. The number of carbonyl (C=O) groups is 3. The number of nitrogens with one attached hydrogen (secondary N) is 3. The highest BCUT2D eigenvalue weighted by atomic mass is 19.1. The fourth-order valence-electron chi connectivity index (χ4n) is 6.70. The van der Waals surface area contributed by atoms with Gasteiger partial charge in [-0.1, -0.05) is 55.8 Å². The molecule has 0 unspecified atom stereocenters. The molecule has 5 aromatic rings. The lowest BCUT2D eigenvalue weighted by molar-refractivity contribution is -0.110. The van der Waals surface area contributed by atoms with E-state index < -0.39 is 12.1 Å². The molecule has 3 heterocycles. The van der Waals surface area contributed by atoms with Crippen molar-refractivity contribution in [2.45, 2.75) is 70.1 Å². The first-order valence-corrected chi connectivity index (χ1v) is 19.7. The zero-order chi connectivity index (χ0) is 41.6. The summed E-state index contributed by atoms with van der Waals surface area (Å²) in [6, 6.07) is 18.3. The molecule has 0 spiro atoms. The van der Waals surface area contributed by atoms with Crippen molar-refractivity contribution in [1.29, 1.82) is 0 Å². The molecule has 3 atom stereocenters. The van der Waals surface area contributed by atoms with Gasteiger partial charge in [0.15, 0.2) is 0 Å². The van der Waals surface area contributed by atoms with Gasteiger partial charge in [0.25, 0.3) is 0 Å². The molecule has 0 radical (unpaired) electrons. The third-order valence-electron chi connectivity index (χ3n) is 10.3. The highest BCUT2D eigenvalue weighted by Crippen LogP contribution is 2.33. The largest absolute Gasteiger partial charge is 0.453 e. The minimum absolute atomic E-state index is 0.167. The number of amides is 1. The SMILES string of the molecule is CCCCN(C)Cc1ncc(-c2ccc(-c3ccc(-c4cnc([C@@H]5CCCN5C)[nH]4)c(F)c3)cc2F)[nH]1.COC(=O)N[C@@H](C=O)c1ccccc1.N[C@H](C=O)C1CC1. The van der Waals surface area contributed by atoms with Crippen LogP contribution >= 0.6 is 0 Å². The summed E-state index contributed by atoms with van der Waals surface area (Å²) in [7, 11) is 5.39. The lowest BCUT2D eigenvalue weighted by Crippen LogP contribution is -2.29. The quantitative estimate of drug-likeness (QED) is 0.0829. The highest BCUT2D eigenvalue weighted by molar-refractivity contribution is 5.74. The summed E-state index contributed by atoms with van der Waals surface area (Å²) >= 11 is 0. The Labute approximate surface area is 338 Å². The van der Waals surface area contributed by atoms with Crippen LogP contribution in [0.1, 0.15) is 74.7 Å². The molecule has 2 aromatic heterocycles. The topological polar surface area (TPSA) is 162 Å². The van der Waals surface area contributed by atoms with Crippen molar-refractivity contribution in [2.75, 3.05) is 34.3 Å². The second kappa shape index (κ2) is 21.3. The Kier molecular flexibility index (Phi) is 16.0. The number of benzene rings is 3. The molecular weight excluding hydrogens is 743 g/mol. The van der Waals surface area contributed by atoms with E-state index in [1.54, 1.807) is 48.8 Å². The number of ether oxygens (including phenoxy) is 1. The van der Waals surface area contributed by atoms with Crippen molar-refractivity contribution in [1.82, 2.24) is 35.1 Å². The molecule has 58 heavy (non-hydrogen) atoms. The van der Waals surface area contributed by atoms with Crippen LogP contribution < -0.4 is 11.1 Å². The second-order valence-electron chi connectivity index (χ2n) is 14.8. The summed E-state index contributed by atoms with van der Waals surface area (Å²) in [5, 5.41) is 2.40. The van der Waals surface area contributed by atoms with E-state index in [1.807, 2.05) is 18.2 Å². The van der Waals surface area contributed by atoms with Gasteiger partial charge in [0.1, 0.15) is 41.9 Å². The summed E-state index contributed by atoms with van der Waals surface area (Å²) < 4.78 is 34.7. The second-order valence-corrected chi connectivity index (χ2v) is 14.8. The number of aromatic amines is 2. The maximum Gasteiger partial charge on any atom is 0.407 e.